The van der Waals surface area contributed by atoms with Gasteiger partial charge in [0.25, 0.3) is 0 Å². The Balaban J connectivity index is 1.86. The maximum absolute atomic E-state index is 11.7. The molecule has 2 heterocycles. The largest absolute Gasteiger partial charge is 0.347 e. The summed E-state index contributed by atoms with van der Waals surface area (Å²) in [5.74, 6) is 0.215. The number of amides is 2. The van der Waals surface area contributed by atoms with Crippen LogP contribution in [0.5, 0.6) is 0 Å². The Morgan fingerprint density at radius 1 is 1.19 bits per heavy atom. The minimum atomic E-state index is -0.510. The van der Waals surface area contributed by atoms with Crippen LogP contribution in [-0.2, 0) is 16.1 Å². The third kappa shape index (κ3) is 3.77. The van der Waals surface area contributed by atoms with Crippen molar-refractivity contribution in [1.82, 2.24) is 25.2 Å². The Morgan fingerprint density at radius 3 is 2.67 bits per heavy atom. The molecule has 0 spiro atoms. The molecule has 2 amide bonds. The molecule has 2 aromatic heterocycles. The molecule has 0 fully saturated rings. The number of pyridine rings is 1. The number of hydrogen-bond donors (Lipinski definition) is 2. The van der Waals surface area contributed by atoms with Crippen LogP contribution < -0.4 is 10.6 Å². The summed E-state index contributed by atoms with van der Waals surface area (Å²) < 4.78 is 1.80. The highest BCUT2D eigenvalue weighted by Crippen LogP contribution is 2.11. The van der Waals surface area contributed by atoms with E-state index in [-0.39, 0.29) is 24.9 Å². The van der Waals surface area contributed by atoms with Gasteiger partial charge in [0.15, 0.2) is 11.5 Å². The molecule has 7 nitrogen and oxygen atoms in total. The zero-order chi connectivity index (χ0) is 15.5. The lowest BCUT2D eigenvalue weighted by Crippen LogP contribution is -2.41. The van der Waals surface area contributed by atoms with Crippen molar-refractivity contribution in [2.75, 3.05) is 6.54 Å². The minimum Gasteiger partial charge on any atom is -0.347 e. The van der Waals surface area contributed by atoms with Gasteiger partial charge in [-0.25, -0.2) is 0 Å². The number of fused-ring (bicyclic) bond motifs is 1. The molecule has 21 heavy (non-hydrogen) atoms. The number of carbonyl (C=O) groups is 2. The summed E-state index contributed by atoms with van der Waals surface area (Å²) in [4.78, 5) is 23.4. The molecule has 0 saturated heterocycles. The number of nitrogens with zero attached hydrogens (tertiary/aromatic N) is 3. The summed E-state index contributed by atoms with van der Waals surface area (Å²) in [6.45, 7) is 5.59. The second kappa shape index (κ2) is 5.90. The zero-order valence-electron chi connectivity index (χ0n) is 12.4. The zero-order valence-corrected chi connectivity index (χ0v) is 12.4. The van der Waals surface area contributed by atoms with Gasteiger partial charge in [-0.15, -0.1) is 10.2 Å². The van der Waals surface area contributed by atoms with E-state index in [9.17, 15) is 9.59 Å². The van der Waals surface area contributed by atoms with E-state index in [4.69, 9.17) is 0 Å². The predicted octanol–water partition coefficient (Wildman–Crippen LogP) is 0.508. The normalized spacial score (nSPS) is 11.4. The third-order valence-corrected chi connectivity index (χ3v) is 2.92. The van der Waals surface area contributed by atoms with Gasteiger partial charge in [-0.2, -0.15) is 0 Å². The molecule has 112 valence electrons. The van der Waals surface area contributed by atoms with E-state index in [0.29, 0.717) is 5.82 Å². The van der Waals surface area contributed by atoms with Crippen molar-refractivity contribution in [2.24, 2.45) is 5.41 Å². The quantitative estimate of drug-likeness (QED) is 0.858. The molecule has 0 aliphatic heterocycles. The van der Waals surface area contributed by atoms with Crippen LogP contribution in [-0.4, -0.2) is 33.0 Å². The van der Waals surface area contributed by atoms with Crippen molar-refractivity contribution in [3.8, 4) is 0 Å². The molecule has 0 bridgehead atoms. The van der Waals surface area contributed by atoms with E-state index in [2.05, 4.69) is 20.8 Å². The number of hydrogen-bond acceptors (Lipinski definition) is 4. The van der Waals surface area contributed by atoms with Gasteiger partial charge >= 0.3 is 0 Å². The van der Waals surface area contributed by atoms with Crippen molar-refractivity contribution < 1.29 is 9.59 Å². The van der Waals surface area contributed by atoms with Gasteiger partial charge < -0.3 is 10.6 Å². The summed E-state index contributed by atoms with van der Waals surface area (Å²) in [6, 6.07) is 5.57. The van der Waals surface area contributed by atoms with Crippen LogP contribution in [0.3, 0.4) is 0 Å². The predicted molar refractivity (Wildman–Crippen MR) is 77.3 cm³/mol. The monoisotopic (exact) mass is 289 g/mol. The lowest BCUT2D eigenvalue weighted by Gasteiger charge is -2.17. The molecule has 0 aliphatic rings. The second-order valence-electron chi connectivity index (χ2n) is 5.75. The van der Waals surface area contributed by atoms with E-state index in [1.807, 2.05) is 24.4 Å². The Bertz CT molecular complexity index is 657. The maximum Gasteiger partial charge on any atom is 0.239 e. The lowest BCUT2D eigenvalue weighted by atomic mass is 9.96. The van der Waals surface area contributed by atoms with Crippen LogP contribution in [0.1, 0.15) is 26.6 Å². The highest BCUT2D eigenvalue weighted by molar-refractivity contribution is 5.87. The van der Waals surface area contributed by atoms with E-state index in [1.165, 1.54) is 0 Å². The molecule has 7 heteroatoms. The minimum absolute atomic E-state index is 0.0488. The molecule has 2 N–H and O–H groups in total. The highest BCUT2D eigenvalue weighted by atomic mass is 16.2. The topological polar surface area (TPSA) is 88.4 Å². The van der Waals surface area contributed by atoms with Crippen molar-refractivity contribution in [1.29, 1.82) is 0 Å². The standard InChI is InChI=1S/C14H19N5O2/c1-14(2,3)13(21)16-9-12(20)15-8-11-18-17-10-6-4-5-7-19(10)11/h4-7H,8-9H2,1-3H3,(H,15,20)(H,16,21). The molecule has 0 aromatic carbocycles. The Kier molecular flexibility index (Phi) is 4.21. The third-order valence-electron chi connectivity index (χ3n) is 2.92. The second-order valence-corrected chi connectivity index (χ2v) is 5.75. The fourth-order valence-electron chi connectivity index (χ4n) is 1.68. The van der Waals surface area contributed by atoms with Crippen LogP contribution in [0, 0.1) is 5.41 Å². The molecule has 2 aromatic rings. The molecule has 2 rings (SSSR count). The highest BCUT2D eigenvalue weighted by Gasteiger charge is 2.21. The Morgan fingerprint density at radius 2 is 1.95 bits per heavy atom. The van der Waals surface area contributed by atoms with Gasteiger partial charge in [-0.3, -0.25) is 14.0 Å². The SMILES string of the molecule is CC(C)(C)C(=O)NCC(=O)NCc1nnc2ccccn12. The summed E-state index contributed by atoms with van der Waals surface area (Å²) in [5.41, 5.74) is 0.214. The van der Waals surface area contributed by atoms with Crippen LogP contribution in [0.4, 0.5) is 0 Å². The summed E-state index contributed by atoms with van der Waals surface area (Å²) in [5, 5.41) is 13.3. The van der Waals surface area contributed by atoms with E-state index >= 15 is 0 Å². The molecular weight excluding hydrogens is 270 g/mol. The van der Waals surface area contributed by atoms with Crippen molar-refractivity contribution in [2.45, 2.75) is 27.3 Å². The van der Waals surface area contributed by atoms with Crippen molar-refractivity contribution in [3.05, 3.63) is 30.2 Å². The Labute approximate surface area is 122 Å². The summed E-state index contributed by atoms with van der Waals surface area (Å²) in [7, 11) is 0. The van der Waals surface area contributed by atoms with Gasteiger partial charge in [0, 0.05) is 11.6 Å². The lowest BCUT2D eigenvalue weighted by molar-refractivity contribution is -0.131. The van der Waals surface area contributed by atoms with Crippen molar-refractivity contribution in [3.63, 3.8) is 0 Å². The molecule has 0 saturated carbocycles. The fraction of sp³-hybridized carbons (Fsp3) is 0.429. The van der Waals surface area contributed by atoms with Gasteiger partial charge in [0.1, 0.15) is 0 Å². The Hall–Kier alpha value is -2.44. The average Bonchev–Trinajstić information content (AvgIpc) is 2.84. The number of aromatic nitrogens is 3. The van der Waals surface area contributed by atoms with Gasteiger partial charge in [-0.05, 0) is 12.1 Å². The van der Waals surface area contributed by atoms with Crippen LogP contribution in [0.15, 0.2) is 24.4 Å². The van der Waals surface area contributed by atoms with Crippen molar-refractivity contribution >= 4 is 17.5 Å². The molecular formula is C14H19N5O2. The smallest absolute Gasteiger partial charge is 0.239 e. The molecule has 0 atom stereocenters. The number of rotatable bonds is 4. The van der Waals surface area contributed by atoms with E-state index in [0.717, 1.165) is 5.65 Å². The fourth-order valence-corrected chi connectivity index (χ4v) is 1.68. The van der Waals surface area contributed by atoms with Crippen LogP contribution >= 0.6 is 0 Å². The van der Waals surface area contributed by atoms with Gasteiger partial charge in [0.05, 0.1) is 13.1 Å². The molecule has 0 radical (unpaired) electrons. The molecule has 0 aliphatic carbocycles. The van der Waals surface area contributed by atoms with E-state index in [1.54, 1.807) is 25.2 Å². The summed E-state index contributed by atoms with van der Waals surface area (Å²) >= 11 is 0. The van der Waals surface area contributed by atoms with Crippen LogP contribution in [0.2, 0.25) is 0 Å². The first-order valence-corrected chi connectivity index (χ1v) is 6.71. The van der Waals surface area contributed by atoms with Gasteiger partial charge in [0.2, 0.25) is 11.8 Å². The summed E-state index contributed by atoms with van der Waals surface area (Å²) in [6.07, 6.45) is 1.83. The van der Waals surface area contributed by atoms with Gasteiger partial charge in [-0.1, -0.05) is 26.8 Å². The average molecular weight is 289 g/mol. The van der Waals surface area contributed by atoms with E-state index < -0.39 is 5.41 Å². The first-order chi connectivity index (χ1) is 9.88. The number of carbonyl (C=O) groups excluding carboxylic acids is 2. The maximum atomic E-state index is 11.7. The first kappa shape index (κ1) is 15.0. The number of nitrogens with one attached hydrogen (secondary N) is 2. The van der Waals surface area contributed by atoms with Crippen LogP contribution in [0.25, 0.3) is 5.65 Å². The first-order valence-electron chi connectivity index (χ1n) is 6.71. The molecule has 0 unspecified atom stereocenters.